The lowest BCUT2D eigenvalue weighted by Gasteiger charge is -2.10. The van der Waals surface area contributed by atoms with Crippen molar-refractivity contribution in [2.45, 2.75) is 4.90 Å². The van der Waals surface area contributed by atoms with Gasteiger partial charge in [-0.2, -0.15) is 0 Å². The normalized spacial score (nSPS) is 12.0. The Labute approximate surface area is 136 Å². The van der Waals surface area contributed by atoms with Gasteiger partial charge in [-0.1, -0.05) is 0 Å². The summed E-state index contributed by atoms with van der Waals surface area (Å²) in [7, 11) is -8.00. The Morgan fingerprint density at radius 1 is 0.750 bits per heavy atom. The van der Waals surface area contributed by atoms with E-state index in [1.165, 1.54) is 24.3 Å². The molecule has 2 rings (SSSR count). The Morgan fingerprint density at radius 3 is 1.75 bits per heavy atom. The number of nitrogens with one attached hydrogen (secondary N) is 2. The molecule has 0 aromatic heterocycles. The van der Waals surface area contributed by atoms with Crippen molar-refractivity contribution in [1.29, 1.82) is 0 Å². The third-order valence-electron chi connectivity index (χ3n) is 2.73. The molecule has 0 spiro atoms. The van der Waals surface area contributed by atoms with E-state index in [0.717, 1.165) is 6.26 Å². The molecule has 0 saturated carbocycles. The summed E-state index contributed by atoms with van der Waals surface area (Å²) in [5, 5.41) is 0. The van der Waals surface area contributed by atoms with Gasteiger partial charge in [0.05, 0.1) is 6.26 Å². The summed E-state index contributed by atoms with van der Waals surface area (Å²) < 4.78 is 90.0. The summed E-state index contributed by atoms with van der Waals surface area (Å²) in [4.78, 5) is -1.06. The van der Waals surface area contributed by atoms with Crippen LogP contribution in [0.3, 0.4) is 0 Å². The highest BCUT2D eigenvalue weighted by Gasteiger charge is 2.24. The second-order valence-corrected chi connectivity index (χ2v) is 8.13. The van der Waals surface area contributed by atoms with Crippen LogP contribution in [-0.2, 0) is 20.0 Å². The van der Waals surface area contributed by atoms with Crippen LogP contribution in [0.4, 0.5) is 24.5 Å². The van der Waals surface area contributed by atoms with Gasteiger partial charge < -0.3 is 0 Å². The fourth-order valence-electron chi connectivity index (χ4n) is 1.75. The third kappa shape index (κ3) is 4.17. The zero-order valence-electron chi connectivity index (χ0n) is 12.0. The molecule has 6 nitrogen and oxygen atoms in total. The van der Waals surface area contributed by atoms with Crippen molar-refractivity contribution in [3.8, 4) is 0 Å². The van der Waals surface area contributed by atoms with Gasteiger partial charge in [0.2, 0.25) is 10.0 Å². The van der Waals surface area contributed by atoms with Crippen LogP contribution in [-0.4, -0.2) is 23.1 Å². The van der Waals surface area contributed by atoms with E-state index in [0.29, 0.717) is 12.1 Å². The molecule has 0 unspecified atom stereocenters. The van der Waals surface area contributed by atoms with Crippen molar-refractivity contribution in [2.75, 3.05) is 15.7 Å². The van der Waals surface area contributed by atoms with E-state index in [1.54, 1.807) is 0 Å². The summed E-state index contributed by atoms with van der Waals surface area (Å²) in [6, 6.07) is 6.04. The first kappa shape index (κ1) is 18.1. The van der Waals surface area contributed by atoms with Crippen molar-refractivity contribution in [1.82, 2.24) is 0 Å². The van der Waals surface area contributed by atoms with Crippen LogP contribution in [0, 0.1) is 17.5 Å². The lowest BCUT2D eigenvalue weighted by molar-refractivity contribution is 0.432. The molecule has 0 aliphatic carbocycles. The molecular formula is C13H11F3N2O4S2. The highest BCUT2D eigenvalue weighted by atomic mass is 32.2. The number of anilines is 2. The highest BCUT2D eigenvalue weighted by Crippen LogP contribution is 2.23. The van der Waals surface area contributed by atoms with E-state index >= 15 is 0 Å². The zero-order valence-corrected chi connectivity index (χ0v) is 13.7. The van der Waals surface area contributed by atoms with Crippen molar-refractivity contribution in [2.24, 2.45) is 0 Å². The molecule has 2 N–H and O–H groups in total. The Bertz CT molecular complexity index is 975. The monoisotopic (exact) mass is 380 g/mol. The largest absolute Gasteiger partial charge is 0.284 e. The van der Waals surface area contributed by atoms with Gasteiger partial charge in [0.25, 0.3) is 10.0 Å². The lowest BCUT2D eigenvalue weighted by Crippen LogP contribution is -2.16. The molecule has 0 radical (unpaired) electrons. The van der Waals surface area contributed by atoms with E-state index in [4.69, 9.17) is 0 Å². The maximum atomic E-state index is 13.6. The van der Waals surface area contributed by atoms with Crippen LogP contribution in [0.5, 0.6) is 0 Å². The van der Waals surface area contributed by atoms with Crippen LogP contribution in [0.15, 0.2) is 41.3 Å². The topological polar surface area (TPSA) is 92.3 Å². The molecule has 0 bridgehead atoms. The average molecular weight is 380 g/mol. The maximum Gasteiger partial charge on any atom is 0.264 e. The third-order valence-corrected chi connectivity index (χ3v) is 4.73. The molecule has 0 saturated heterocycles. The Balaban J connectivity index is 2.28. The standard InChI is InChI=1S/C13H11F3N2O4S2/c1-23(19,20)17-8-2-4-9(5-3-8)18-24(21,22)11-7-6-10(14)12(15)13(11)16/h2-7,17-18H,1H3. The fourth-order valence-corrected chi connectivity index (χ4v) is 3.44. The quantitative estimate of drug-likeness (QED) is 0.779. The number of hydrogen-bond donors (Lipinski definition) is 2. The molecule has 0 fully saturated rings. The van der Waals surface area contributed by atoms with Crippen LogP contribution < -0.4 is 9.44 Å². The van der Waals surface area contributed by atoms with Gasteiger partial charge in [0, 0.05) is 11.4 Å². The van der Waals surface area contributed by atoms with Gasteiger partial charge in [-0.15, -0.1) is 0 Å². The Kier molecular flexibility index (Phi) is 4.76. The van der Waals surface area contributed by atoms with Crippen LogP contribution >= 0.6 is 0 Å². The molecule has 0 aliphatic heterocycles. The number of hydrogen-bond acceptors (Lipinski definition) is 4. The molecular weight excluding hydrogens is 369 g/mol. The van der Waals surface area contributed by atoms with Crippen LogP contribution in [0.2, 0.25) is 0 Å². The second kappa shape index (κ2) is 6.32. The first-order valence-electron chi connectivity index (χ1n) is 6.24. The number of benzene rings is 2. The molecule has 0 amide bonds. The van der Waals surface area contributed by atoms with Crippen LogP contribution in [0.25, 0.3) is 0 Å². The first-order valence-corrected chi connectivity index (χ1v) is 9.61. The van der Waals surface area contributed by atoms with Crippen molar-refractivity contribution in [3.63, 3.8) is 0 Å². The minimum atomic E-state index is -4.50. The van der Waals surface area contributed by atoms with Gasteiger partial charge in [0.15, 0.2) is 17.5 Å². The van der Waals surface area contributed by atoms with Crippen LogP contribution in [0.1, 0.15) is 0 Å². The second-order valence-electron chi connectivity index (χ2n) is 4.73. The molecule has 24 heavy (non-hydrogen) atoms. The van der Waals surface area contributed by atoms with E-state index in [1.807, 2.05) is 4.72 Å². The summed E-state index contributed by atoms with van der Waals surface area (Å²) in [6.07, 6.45) is 0.940. The Hall–Kier alpha value is -2.27. The lowest BCUT2D eigenvalue weighted by atomic mass is 10.3. The van der Waals surface area contributed by atoms with Gasteiger partial charge in [-0.25, -0.2) is 30.0 Å². The molecule has 0 aliphatic rings. The predicted molar refractivity (Wildman–Crippen MR) is 82.0 cm³/mol. The van der Waals surface area contributed by atoms with Gasteiger partial charge in [0.1, 0.15) is 4.90 Å². The highest BCUT2D eigenvalue weighted by molar-refractivity contribution is 7.92. The smallest absolute Gasteiger partial charge is 0.264 e. The molecule has 0 atom stereocenters. The molecule has 130 valence electrons. The summed E-state index contributed by atoms with van der Waals surface area (Å²) >= 11 is 0. The summed E-state index contributed by atoms with van der Waals surface area (Å²) in [6.45, 7) is 0. The maximum absolute atomic E-state index is 13.6. The molecule has 2 aromatic rings. The van der Waals surface area contributed by atoms with Gasteiger partial charge in [-0.3, -0.25) is 9.44 Å². The van der Waals surface area contributed by atoms with Crippen molar-refractivity contribution >= 4 is 31.4 Å². The van der Waals surface area contributed by atoms with Gasteiger partial charge in [-0.05, 0) is 36.4 Å². The molecule has 0 heterocycles. The van der Waals surface area contributed by atoms with E-state index in [-0.39, 0.29) is 11.4 Å². The first-order chi connectivity index (χ1) is 11.0. The van der Waals surface area contributed by atoms with E-state index in [2.05, 4.69) is 4.72 Å². The van der Waals surface area contributed by atoms with Crippen molar-refractivity contribution in [3.05, 3.63) is 53.8 Å². The number of halogens is 3. The number of rotatable bonds is 5. The predicted octanol–water partition coefficient (Wildman–Crippen LogP) is 2.28. The van der Waals surface area contributed by atoms with Gasteiger partial charge >= 0.3 is 0 Å². The average Bonchev–Trinajstić information content (AvgIpc) is 2.45. The zero-order chi connectivity index (χ0) is 18.1. The SMILES string of the molecule is CS(=O)(=O)Nc1ccc(NS(=O)(=O)c2ccc(F)c(F)c2F)cc1. The number of sulfonamides is 2. The molecule has 2 aromatic carbocycles. The van der Waals surface area contributed by atoms with Crippen molar-refractivity contribution < 1.29 is 30.0 Å². The summed E-state index contributed by atoms with van der Waals surface area (Å²) in [5.41, 5.74) is 0.151. The fraction of sp³-hybridized carbons (Fsp3) is 0.0769. The summed E-state index contributed by atoms with van der Waals surface area (Å²) in [5.74, 6) is -5.24. The minimum absolute atomic E-state index is 0.0295. The van der Waals surface area contributed by atoms with E-state index < -0.39 is 42.4 Å². The Morgan fingerprint density at radius 2 is 1.25 bits per heavy atom. The minimum Gasteiger partial charge on any atom is -0.284 e. The van der Waals surface area contributed by atoms with E-state index in [9.17, 15) is 30.0 Å². The molecule has 11 heteroatoms.